The van der Waals surface area contributed by atoms with Gasteiger partial charge in [0.25, 0.3) is 0 Å². The molecule has 3 heterocycles. The number of rotatable bonds is 5. The van der Waals surface area contributed by atoms with Crippen molar-refractivity contribution in [3.05, 3.63) is 24.3 Å². The molecule has 0 radical (unpaired) electrons. The molecule has 3 aliphatic carbocycles. The maximum absolute atomic E-state index is 13.3. The summed E-state index contributed by atoms with van der Waals surface area (Å²) in [6.07, 6.45) is 8.35. The van der Waals surface area contributed by atoms with E-state index in [-0.39, 0.29) is 23.7 Å². The fourth-order valence-corrected chi connectivity index (χ4v) is 9.02. The van der Waals surface area contributed by atoms with Crippen molar-refractivity contribution >= 4 is 39.3 Å². The molecule has 7 heteroatoms. The number of benzene rings is 1. The minimum absolute atomic E-state index is 0.0261. The summed E-state index contributed by atoms with van der Waals surface area (Å²) < 4.78 is 6.02. The van der Waals surface area contributed by atoms with Crippen LogP contribution in [0.1, 0.15) is 44.9 Å². The van der Waals surface area contributed by atoms with Crippen molar-refractivity contribution in [1.82, 2.24) is 14.2 Å². The monoisotopic (exact) mass is 492 g/mol. The first-order chi connectivity index (χ1) is 17.2. The lowest BCUT2D eigenvalue weighted by atomic mass is 9.78. The van der Waals surface area contributed by atoms with Gasteiger partial charge in [-0.3, -0.25) is 19.4 Å². The van der Waals surface area contributed by atoms with Gasteiger partial charge in [0.05, 0.1) is 16.5 Å². The summed E-state index contributed by atoms with van der Waals surface area (Å²) in [5, 5.41) is 1.27. The number of hydrogen-bond acceptors (Lipinski definition) is 6. The summed E-state index contributed by atoms with van der Waals surface area (Å²) in [4.78, 5) is 33.4. The van der Waals surface area contributed by atoms with Gasteiger partial charge in [-0.1, -0.05) is 25.0 Å². The van der Waals surface area contributed by atoms with E-state index in [9.17, 15) is 9.59 Å². The largest absolute Gasteiger partial charge is 0.353 e. The number of nitrogens with zero attached hydrogens (tertiary/aromatic N) is 4. The molecule has 7 rings (SSSR count). The van der Waals surface area contributed by atoms with E-state index in [4.69, 9.17) is 4.37 Å². The second kappa shape index (κ2) is 8.84. The van der Waals surface area contributed by atoms with Crippen LogP contribution in [0.5, 0.6) is 0 Å². The molecule has 186 valence electrons. The van der Waals surface area contributed by atoms with Gasteiger partial charge in [-0.2, -0.15) is 4.37 Å². The van der Waals surface area contributed by atoms with E-state index in [0.29, 0.717) is 30.2 Å². The fourth-order valence-electron chi connectivity index (χ4n) is 8.22. The molecule has 5 aliphatic rings. The third-order valence-corrected chi connectivity index (χ3v) is 10.8. The highest BCUT2D eigenvalue weighted by molar-refractivity contribution is 7.13. The number of aromatic nitrogens is 1. The van der Waals surface area contributed by atoms with Crippen LogP contribution in [0.2, 0.25) is 0 Å². The predicted octanol–water partition coefficient (Wildman–Crippen LogP) is 4.26. The minimum atomic E-state index is 0.0261. The zero-order valence-corrected chi connectivity index (χ0v) is 21.3. The van der Waals surface area contributed by atoms with Crippen LogP contribution >= 0.6 is 11.5 Å². The molecule has 6 atom stereocenters. The van der Waals surface area contributed by atoms with E-state index in [1.54, 1.807) is 16.4 Å². The molecule has 35 heavy (non-hydrogen) atoms. The molecule has 3 saturated carbocycles. The molecular formula is C28H36N4O2S. The molecule has 2 saturated heterocycles. The number of carbonyl (C=O) groups is 2. The average Bonchev–Trinajstić information content (AvgIpc) is 3.66. The standard InChI is InChI=1S/C28H36N4O2S/c33-27-24-18-9-10-19(15-18)25(24)28(34)32(27)17-21-6-2-1-5-20(21)16-30-11-13-31(14-12-30)26-22-7-3-4-8-23(22)35-29-26/h3-4,7-8,18-21,24-25H,1-2,5-6,9-17H2/t18-,19+,20?,21-,24+,25-/m0/s1. The second-order valence-corrected chi connectivity index (χ2v) is 12.6. The highest BCUT2D eigenvalue weighted by atomic mass is 32.1. The number of piperazine rings is 1. The third-order valence-electron chi connectivity index (χ3n) is 10.0. The Morgan fingerprint density at radius 2 is 1.49 bits per heavy atom. The van der Waals surface area contributed by atoms with E-state index in [1.165, 1.54) is 29.3 Å². The molecule has 2 aromatic rings. The summed E-state index contributed by atoms with van der Waals surface area (Å²) in [5.74, 6) is 3.59. The van der Waals surface area contributed by atoms with Crippen molar-refractivity contribution in [2.45, 2.75) is 44.9 Å². The number of anilines is 1. The Bertz CT molecular complexity index is 1100. The number of likely N-dealkylation sites (tertiary alicyclic amines) is 1. The van der Waals surface area contributed by atoms with Gasteiger partial charge in [-0.15, -0.1) is 0 Å². The van der Waals surface area contributed by atoms with Gasteiger partial charge in [0.15, 0.2) is 0 Å². The molecular weight excluding hydrogens is 456 g/mol. The Balaban J connectivity index is 0.986. The number of amides is 2. The van der Waals surface area contributed by atoms with Crippen LogP contribution < -0.4 is 4.90 Å². The van der Waals surface area contributed by atoms with Crippen LogP contribution in [0.3, 0.4) is 0 Å². The SMILES string of the molecule is O=C1[C@@H]2[C@H]3CC[C@H](C3)[C@@H]2C(=O)N1C[C@@H]1CCCCC1CN1CCN(c2nsc3ccccc23)CC1. The van der Waals surface area contributed by atoms with E-state index in [2.05, 4.69) is 34.1 Å². The quantitative estimate of drug-likeness (QED) is 0.584. The fraction of sp³-hybridized carbons (Fsp3) is 0.679. The Morgan fingerprint density at radius 1 is 0.829 bits per heavy atom. The van der Waals surface area contributed by atoms with Crippen LogP contribution in [0.15, 0.2) is 24.3 Å². The third kappa shape index (κ3) is 3.72. The number of fused-ring (bicyclic) bond motifs is 6. The van der Waals surface area contributed by atoms with Crippen LogP contribution in [0, 0.1) is 35.5 Å². The Labute approximate surface area is 211 Å². The van der Waals surface area contributed by atoms with Gasteiger partial charge in [0, 0.05) is 44.7 Å². The molecule has 2 amide bonds. The summed E-state index contributed by atoms with van der Waals surface area (Å²) in [7, 11) is 0. The average molecular weight is 493 g/mol. The first-order valence-electron chi connectivity index (χ1n) is 13.8. The lowest BCUT2D eigenvalue weighted by Gasteiger charge is -2.40. The van der Waals surface area contributed by atoms with Gasteiger partial charge in [-0.25, -0.2) is 0 Å². The normalized spacial score (nSPS) is 35.4. The minimum Gasteiger partial charge on any atom is -0.353 e. The molecule has 0 spiro atoms. The number of carbonyl (C=O) groups excluding carboxylic acids is 2. The molecule has 2 bridgehead atoms. The van der Waals surface area contributed by atoms with Crippen LogP contribution in [0.25, 0.3) is 10.1 Å². The van der Waals surface area contributed by atoms with Crippen molar-refractivity contribution in [2.75, 3.05) is 44.2 Å². The van der Waals surface area contributed by atoms with Gasteiger partial charge in [0.1, 0.15) is 5.82 Å². The molecule has 1 aromatic heterocycles. The number of hydrogen-bond donors (Lipinski definition) is 0. The lowest BCUT2D eigenvalue weighted by Crippen LogP contribution is -2.49. The maximum Gasteiger partial charge on any atom is 0.233 e. The highest BCUT2D eigenvalue weighted by Crippen LogP contribution is 2.56. The maximum atomic E-state index is 13.3. The predicted molar refractivity (Wildman–Crippen MR) is 138 cm³/mol. The lowest BCUT2D eigenvalue weighted by molar-refractivity contribution is -0.142. The van der Waals surface area contributed by atoms with Crippen molar-refractivity contribution in [3.8, 4) is 0 Å². The topological polar surface area (TPSA) is 56.8 Å². The van der Waals surface area contributed by atoms with E-state index < -0.39 is 0 Å². The molecule has 5 fully saturated rings. The Hall–Kier alpha value is -1.99. The van der Waals surface area contributed by atoms with Gasteiger partial charge < -0.3 is 4.90 Å². The van der Waals surface area contributed by atoms with Crippen LogP contribution in [-0.4, -0.2) is 65.3 Å². The van der Waals surface area contributed by atoms with Crippen LogP contribution in [0.4, 0.5) is 5.82 Å². The van der Waals surface area contributed by atoms with Gasteiger partial charge >= 0.3 is 0 Å². The number of imide groups is 1. The van der Waals surface area contributed by atoms with E-state index in [0.717, 1.165) is 64.2 Å². The molecule has 6 nitrogen and oxygen atoms in total. The van der Waals surface area contributed by atoms with Gasteiger partial charge in [-0.05, 0) is 79.4 Å². The summed E-state index contributed by atoms with van der Waals surface area (Å²) >= 11 is 1.60. The van der Waals surface area contributed by atoms with Crippen molar-refractivity contribution in [3.63, 3.8) is 0 Å². The molecule has 1 unspecified atom stereocenters. The molecule has 1 aromatic carbocycles. The second-order valence-electron chi connectivity index (χ2n) is 11.8. The van der Waals surface area contributed by atoms with Crippen LogP contribution in [-0.2, 0) is 9.59 Å². The van der Waals surface area contributed by atoms with Gasteiger partial charge in [0.2, 0.25) is 11.8 Å². The summed E-state index contributed by atoms with van der Waals surface area (Å²) in [6, 6.07) is 8.54. The zero-order chi connectivity index (χ0) is 23.5. The van der Waals surface area contributed by atoms with Crippen molar-refractivity contribution in [2.24, 2.45) is 35.5 Å². The summed E-state index contributed by atoms with van der Waals surface area (Å²) in [6.45, 7) is 5.93. The Kier molecular flexibility index (Phi) is 5.61. The van der Waals surface area contributed by atoms with E-state index >= 15 is 0 Å². The Morgan fingerprint density at radius 3 is 2.20 bits per heavy atom. The smallest absolute Gasteiger partial charge is 0.233 e. The van der Waals surface area contributed by atoms with Crippen molar-refractivity contribution < 1.29 is 9.59 Å². The summed E-state index contributed by atoms with van der Waals surface area (Å²) in [5.41, 5.74) is 0. The van der Waals surface area contributed by atoms with E-state index in [1.807, 2.05) is 0 Å². The molecule has 0 N–H and O–H groups in total. The zero-order valence-electron chi connectivity index (χ0n) is 20.5. The first-order valence-corrected chi connectivity index (χ1v) is 14.6. The first kappa shape index (κ1) is 22.2. The highest BCUT2D eigenvalue weighted by Gasteiger charge is 2.61. The van der Waals surface area contributed by atoms with Crippen molar-refractivity contribution in [1.29, 1.82) is 0 Å². The molecule has 2 aliphatic heterocycles.